The van der Waals surface area contributed by atoms with Crippen LogP contribution in [-0.2, 0) is 4.74 Å². The Bertz CT molecular complexity index is 572. The number of anilines is 2. The molecule has 0 fully saturated rings. The zero-order valence-corrected chi connectivity index (χ0v) is 9.68. The van der Waals surface area contributed by atoms with Crippen LogP contribution in [0.15, 0.2) is 42.7 Å². The van der Waals surface area contributed by atoms with Crippen molar-refractivity contribution in [2.45, 2.75) is 0 Å². The van der Waals surface area contributed by atoms with Gasteiger partial charge in [-0.05, 0) is 18.2 Å². The Morgan fingerprint density at radius 2 is 2.06 bits per heavy atom. The standard InChI is InChI=1S/C13H11FN2O2/c1-18-13(17)9-6-7-15-8-12(9)16-11-5-3-2-4-10(11)14/h2-8,16H,1H3. The molecule has 0 atom stereocenters. The molecule has 4 nitrogen and oxygen atoms in total. The first-order chi connectivity index (χ1) is 8.72. The van der Waals surface area contributed by atoms with Crippen molar-refractivity contribution in [3.63, 3.8) is 0 Å². The minimum atomic E-state index is -0.503. The summed E-state index contributed by atoms with van der Waals surface area (Å²) in [5.74, 6) is -0.909. The predicted molar refractivity (Wildman–Crippen MR) is 65.3 cm³/mol. The Labute approximate surface area is 103 Å². The zero-order valence-electron chi connectivity index (χ0n) is 9.68. The fourth-order valence-corrected chi connectivity index (χ4v) is 1.49. The largest absolute Gasteiger partial charge is 0.465 e. The molecule has 0 radical (unpaired) electrons. The van der Waals surface area contributed by atoms with Gasteiger partial charge in [0, 0.05) is 6.20 Å². The number of para-hydroxylation sites is 1. The van der Waals surface area contributed by atoms with Crippen molar-refractivity contribution in [3.8, 4) is 0 Å². The average Bonchev–Trinajstić information content (AvgIpc) is 2.41. The number of benzene rings is 1. The topological polar surface area (TPSA) is 51.2 Å². The molecular formula is C13H11FN2O2. The van der Waals surface area contributed by atoms with E-state index in [1.807, 2.05) is 0 Å². The third-order valence-corrected chi connectivity index (χ3v) is 2.37. The van der Waals surface area contributed by atoms with Crippen LogP contribution in [0.25, 0.3) is 0 Å². The van der Waals surface area contributed by atoms with Crippen molar-refractivity contribution in [2.24, 2.45) is 0 Å². The number of hydrogen-bond donors (Lipinski definition) is 1. The van der Waals surface area contributed by atoms with Gasteiger partial charge in [-0.2, -0.15) is 0 Å². The highest BCUT2D eigenvalue weighted by Crippen LogP contribution is 2.22. The van der Waals surface area contributed by atoms with E-state index < -0.39 is 11.8 Å². The van der Waals surface area contributed by atoms with Gasteiger partial charge in [-0.15, -0.1) is 0 Å². The lowest BCUT2D eigenvalue weighted by atomic mass is 10.2. The minimum Gasteiger partial charge on any atom is -0.465 e. The highest BCUT2D eigenvalue weighted by molar-refractivity contribution is 5.96. The Morgan fingerprint density at radius 3 is 2.78 bits per heavy atom. The minimum absolute atomic E-state index is 0.274. The lowest BCUT2D eigenvalue weighted by Crippen LogP contribution is -2.06. The summed E-state index contributed by atoms with van der Waals surface area (Å²) in [6, 6.07) is 7.69. The molecule has 1 N–H and O–H groups in total. The van der Waals surface area contributed by atoms with Crippen LogP contribution < -0.4 is 5.32 Å². The van der Waals surface area contributed by atoms with Crippen molar-refractivity contribution in [1.29, 1.82) is 0 Å². The maximum Gasteiger partial charge on any atom is 0.340 e. The SMILES string of the molecule is COC(=O)c1ccncc1Nc1ccccc1F. The smallest absolute Gasteiger partial charge is 0.340 e. The highest BCUT2D eigenvalue weighted by atomic mass is 19.1. The number of esters is 1. The Morgan fingerprint density at radius 1 is 1.28 bits per heavy atom. The Hall–Kier alpha value is -2.43. The molecule has 0 saturated heterocycles. The van der Waals surface area contributed by atoms with Gasteiger partial charge in [0.25, 0.3) is 0 Å². The molecule has 0 aliphatic rings. The monoisotopic (exact) mass is 246 g/mol. The second-order valence-corrected chi connectivity index (χ2v) is 3.52. The van der Waals surface area contributed by atoms with Gasteiger partial charge in [0.2, 0.25) is 0 Å². The van der Waals surface area contributed by atoms with Crippen LogP contribution in [0.2, 0.25) is 0 Å². The zero-order chi connectivity index (χ0) is 13.0. The molecule has 0 spiro atoms. The van der Waals surface area contributed by atoms with E-state index in [2.05, 4.69) is 15.0 Å². The summed E-state index contributed by atoms with van der Waals surface area (Å²) in [6.45, 7) is 0. The third-order valence-electron chi connectivity index (χ3n) is 2.37. The maximum atomic E-state index is 13.5. The van der Waals surface area contributed by atoms with Gasteiger partial charge in [0.05, 0.1) is 30.2 Å². The van der Waals surface area contributed by atoms with Crippen LogP contribution in [0.4, 0.5) is 15.8 Å². The van der Waals surface area contributed by atoms with Gasteiger partial charge in [0.1, 0.15) is 5.82 Å². The number of ether oxygens (including phenoxy) is 1. The summed E-state index contributed by atoms with van der Waals surface area (Å²) in [6.07, 6.45) is 2.91. The molecule has 1 aromatic heterocycles. The van der Waals surface area contributed by atoms with Crippen LogP contribution in [0.3, 0.4) is 0 Å². The number of carbonyl (C=O) groups is 1. The van der Waals surface area contributed by atoms with Gasteiger partial charge < -0.3 is 10.1 Å². The number of carbonyl (C=O) groups excluding carboxylic acids is 1. The lowest BCUT2D eigenvalue weighted by molar-refractivity contribution is 0.0602. The Kier molecular flexibility index (Phi) is 3.52. The number of pyridine rings is 1. The maximum absolute atomic E-state index is 13.5. The fourth-order valence-electron chi connectivity index (χ4n) is 1.49. The number of methoxy groups -OCH3 is 1. The number of halogens is 1. The molecule has 18 heavy (non-hydrogen) atoms. The fraction of sp³-hybridized carbons (Fsp3) is 0.0769. The average molecular weight is 246 g/mol. The van der Waals surface area contributed by atoms with Crippen LogP contribution in [0.5, 0.6) is 0 Å². The predicted octanol–water partition coefficient (Wildman–Crippen LogP) is 2.75. The number of hydrogen-bond acceptors (Lipinski definition) is 4. The molecule has 0 bridgehead atoms. The first-order valence-electron chi connectivity index (χ1n) is 5.26. The number of nitrogens with one attached hydrogen (secondary N) is 1. The van der Waals surface area contributed by atoms with E-state index in [4.69, 9.17) is 0 Å². The van der Waals surface area contributed by atoms with Crippen molar-refractivity contribution >= 4 is 17.3 Å². The molecule has 92 valence electrons. The summed E-state index contributed by atoms with van der Waals surface area (Å²) in [4.78, 5) is 15.4. The number of rotatable bonds is 3. The third kappa shape index (κ3) is 2.45. The van der Waals surface area contributed by atoms with Gasteiger partial charge >= 0.3 is 5.97 Å². The van der Waals surface area contributed by atoms with Gasteiger partial charge in [-0.25, -0.2) is 9.18 Å². The molecule has 0 unspecified atom stereocenters. The van der Waals surface area contributed by atoms with Gasteiger partial charge in [-0.1, -0.05) is 12.1 Å². The van der Waals surface area contributed by atoms with Crippen molar-refractivity contribution in [1.82, 2.24) is 4.98 Å². The molecule has 0 saturated carbocycles. The number of nitrogens with zero attached hydrogens (tertiary/aromatic N) is 1. The summed E-state index contributed by atoms with van der Waals surface area (Å²) >= 11 is 0. The molecule has 2 rings (SSSR count). The quantitative estimate of drug-likeness (QED) is 0.846. The van der Waals surface area contributed by atoms with Crippen molar-refractivity contribution < 1.29 is 13.9 Å². The van der Waals surface area contributed by atoms with Crippen LogP contribution in [0, 0.1) is 5.82 Å². The molecule has 2 aromatic rings. The molecule has 0 amide bonds. The molecule has 1 aromatic carbocycles. The van der Waals surface area contributed by atoms with E-state index in [1.54, 1.807) is 18.2 Å². The summed E-state index contributed by atoms with van der Waals surface area (Å²) < 4.78 is 18.1. The van der Waals surface area contributed by atoms with E-state index in [-0.39, 0.29) is 5.69 Å². The van der Waals surface area contributed by atoms with E-state index in [0.29, 0.717) is 11.3 Å². The summed E-state index contributed by atoms with van der Waals surface area (Å²) in [7, 11) is 1.29. The van der Waals surface area contributed by atoms with E-state index >= 15 is 0 Å². The molecule has 5 heteroatoms. The molecular weight excluding hydrogens is 235 g/mol. The van der Waals surface area contributed by atoms with Crippen LogP contribution in [-0.4, -0.2) is 18.1 Å². The molecule has 1 heterocycles. The highest BCUT2D eigenvalue weighted by Gasteiger charge is 2.12. The second kappa shape index (κ2) is 5.27. The summed E-state index contributed by atoms with van der Waals surface area (Å²) in [5.41, 5.74) is 0.973. The summed E-state index contributed by atoms with van der Waals surface area (Å²) in [5, 5.41) is 2.82. The number of aromatic nitrogens is 1. The molecule has 0 aliphatic carbocycles. The van der Waals surface area contributed by atoms with Crippen LogP contribution >= 0.6 is 0 Å². The normalized spacial score (nSPS) is 9.89. The van der Waals surface area contributed by atoms with Crippen LogP contribution in [0.1, 0.15) is 10.4 Å². The van der Waals surface area contributed by atoms with Gasteiger partial charge in [0.15, 0.2) is 0 Å². The lowest BCUT2D eigenvalue weighted by Gasteiger charge is -2.10. The van der Waals surface area contributed by atoms with E-state index in [0.717, 1.165) is 0 Å². The molecule has 0 aliphatic heterocycles. The van der Waals surface area contributed by atoms with Gasteiger partial charge in [-0.3, -0.25) is 4.98 Å². The first kappa shape index (κ1) is 12.0. The second-order valence-electron chi connectivity index (χ2n) is 3.52. The van der Waals surface area contributed by atoms with E-state index in [1.165, 1.54) is 31.6 Å². The Balaban J connectivity index is 2.35. The van der Waals surface area contributed by atoms with E-state index in [9.17, 15) is 9.18 Å². The van der Waals surface area contributed by atoms with Crippen molar-refractivity contribution in [2.75, 3.05) is 12.4 Å². The van der Waals surface area contributed by atoms with Crippen molar-refractivity contribution in [3.05, 3.63) is 54.1 Å². The first-order valence-corrected chi connectivity index (χ1v) is 5.26.